The maximum Gasteiger partial charge on any atom is 0.0373 e. The minimum Gasteiger partial charge on any atom is -0.261 e. The molecule has 0 saturated heterocycles. The number of aromatic nitrogens is 1. The van der Waals surface area contributed by atoms with Crippen molar-refractivity contribution in [2.24, 2.45) is 0 Å². The van der Waals surface area contributed by atoms with Gasteiger partial charge in [-0.15, -0.1) is 0 Å². The lowest BCUT2D eigenvalue weighted by Crippen LogP contribution is -2.10. The number of hydrogen-bond acceptors (Lipinski definition) is 1. The number of nitrogens with zero attached hydrogens (tertiary/aromatic N) is 1. The monoisotopic (exact) mass is 391 g/mol. The number of benzene rings is 2. The molecule has 150 valence electrons. The molecule has 1 aliphatic carbocycles. The van der Waals surface area contributed by atoms with Gasteiger partial charge in [0.1, 0.15) is 0 Å². The zero-order valence-corrected chi connectivity index (χ0v) is 18.5. The Hall–Kier alpha value is -3.19. The first-order valence-corrected chi connectivity index (χ1v) is 10.5. The summed E-state index contributed by atoms with van der Waals surface area (Å²) in [5, 5.41) is 0. The van der Waals surface area contributed by atoms with Crippen molar-refractivity contribution in [1.82, 2.24) is 4.98 Å². The van der Waals surface area contributed by atoms with Crippen LogP contribution in [0.2, 0.25) is 0 Å². The van der Waals surface area contributed by atoms with Crippen LogP contribution in [0.15, 0.2) is 73.5 Å². The van der Waals surface area contributed by atoms with Crippen LogP contribution in [0.1, 0.15) is 51.1 Å². The first kappa shape index (κ1) is 20.1. The first-order chi connectivity index (χ1) is 14.3. The van der Waals surface area contributed by atoms with Gasteiger partial charge in [0.2, 0.25) is 0 Å². The van der Waals surface area contributed by atoms with Crippen LogP contribution in [-0.2, 0) is 6.42 Å². The molecule has 2 aromatic carbocycles. The standard InChI is InChI=1S/C29H29N/c1-18-10-12-24(14-20(18)3)28-16-25-9-7-8-19(2)29(25)23(6)27(28)15-21(4)26-13-11-22(5)30-17-26/h7-14,17H,4,6,15-16H2,1-3,5H3. The van der Waals surface area contributed by atoms with Gasteiger partial charge in [-0.05, 0) is 108 Å². The molecule has 0 atom stereocenters. The molecule has 1 nitrogen and oxygen atoms in total. The van der Waals surface area contributed by atoms with Crippen molar-refractivity contribution in [2.75, 3.05) is 0 Å². The lowest BCUT2D eigenvalue weighted by atomic mass is 9.76. The van der Waals surface area contributed by atoms with E-state index in [-0.39, 0.29) is 0 Å². The molecule has 0 saturated carbocycles. The van der Waals surface area contributed by atoms with Crippen molar-refractivity contribution in [3.8, 4) is 0 Å². The van der Waals surface area contributed by atoms with Crippen LogP contribution in [0.3, 0.4) is 0 Å². The molecule has 1 heteroatoms. The molecular weight excluding hydrogens is 362 g/mol. The fourth-order valence-corrected chi connectivity index (χ4v) is 4.35. The summed E-state index contributed by atoms with van der Waals surface area (Å²) < 4.78 is 0. The highest BCUT2D eigenvalue weighted by atomic mass is 14.7. The zero-order valence-electron chi connectivity index (χ0n) is 18.5. The number of hydrogen-bond donors (Lipinski definition) is 0. The zero-order chi connectivity index (χ0) is 21.4. The van der Waals surface area contributed by atoms with Gasteiger partial charge in [0.25, 0.3) is 0 Å². The smallest absolute Gasteiger partial charge is 0.0373 e. The summed E-state index contributed by atoms with van der Waals surface area (Å²) in [4.78, 5) is 4.46. The number of aryl methyl sites for hydroxylation is 4. The highest BCUT2D eigenvalue weighted by Crippen LogP contribution is 2.43. The molecule has 1 heterocycles. The summed E-state index contributed by atoms with van der Waals surface area (Å²) in [6.07, 6.45) is 3.63. The summed E-state index contributed by atoms with van der Waals surface area (Å²) in [7, 11) is 0. The Morgan fingerprint density at radius 3 is 2.43 bits per heavy atom. The molecule has 1 aromatic heterocycles. The van der Waals surface area contributed by atoms with E-state index >= 15 is 0 Å². The Morgan fingerprint density at radius 1 is 0.933 bits per heavy atom. The maximum atomic E-state index is 4.56. The topological polar surface area (TPSA) is 12.9 Å². The Morgan fingerprint density at radius 2 is 1.73 bits per heavy atom. The molecule has 30 heavy (non-hydrogen) atoms. The molecule has 0 unspecified atom stereocenters. The SMILES string of the molecule is C=C(CC1=C(c2ccc(C)c(C)c2)Cc2cccc(C)c2C1=C)c1ccc(C)nc1. The lowest BCUT2D eigenvalue weighted by molar-refractivity contribution is 1.14. The highest BCUT2D eigenvalue weighted by Gasteiger charge is 2.24. The van der Waals surface area contributed by atoms with Crippen LogP contribution in [0.4, 0.5) is 0 Å². The second kappa shape index (κ2) is 7.91. The Labute approximate surface area is 180 Å². The third-order valence-electron chi connectivity index (χ3n) is 6.32. The average molecular weight is 392 g/mol. The third kappa shape index (κ3) is 3.68. The first-order valence-electron chi connectivity index (χ1n) is 10.5. The molecule has 0 aliphatic heterocycles. The number of allylic oxidation sites excluding steroid dienone is 4. The van der Waals surface area contributed by atoms with Crippen molar-refractivity contribution in [3.05, 3.63) is 118 Å². The maximum absolute atomic E-state index is 4.56. The van der Waals surface area contributed by atoms with Crippen LogP contribution >= 0.6 is 0 Å². The number of rotatable bonds is 4. The van der Waals surface area contributed by atoms with E-state index in [1.54, 1.807) is 0 Å². The van der Waals surface area contributed by atoms with E-state index in [1.165, 1.54) is 44.5 Å². The van der Waals surface area contributed by atoms with E-state index in [1.807, 2.05) is 19.2 Å². The molecule has 0 radical (unpaired) electrons. The van der Waals surface area contributed by atoms with Crippen molar-refractivity contribution in [2.45, 2.75) is 40.5 Å². The minimum atomic E-state index is 0.777. The van der Waals surface area contributed by atoms with Crippen LogP contribution in [0.5, 0.6) is 0 Å². The van der Waals surface area contributed by atoms with Gasteiger partial charge in [0.05, 0.1) is 0 Å². The van der Waals surface area contributed by atoms with E-state index in [4.69, 9.17) is 0 Å². The molecule has 3 aromatic rings. The molecule has 0 N–H and O–H groups in total. The Balaban J connectivity index is 1.83. The van der Waals surface area contributed by atoms with Crippen molar-refractivity contribution < 1.29 is 0 Å². The second-order valence-electron chi connectivity index (χ2n) is 8.49. The molecule has 0 fully saturated rings. The molecule has 0 spiro atoms. The predicted molar refractivity (Wildman–Crippen MR) is 129 cm³/mol. The summed E-state index contributed by atoms with van der Waals surface area (Å²) in [6, 6.07) is 17.5. The van der Waals surface area contributed by atoms with Crippen LogP contribution in [-0.4, -0.2) is 4.98 Å². The molecule has 1 aliphatic rings. The molecule has 0 bridgehead atoms. The van der Waals surface area contributed by atoms with Crippen LogP contribution < -0.4 is 0 Å². The predicted octanol–water partition coefficient (Wildman–Crippen LogP) is 7.44. The van der Waals surface area contributed by atoms with Crippen molar-refractivity contribution in [3.63, 3.8) is 0 Å². The fourth-order valence-electron chi connectivity index (χ4n) is 4.35. The minimum absolute atomic E-state index is 0.777. The average Bonchev–Trinajstić information content (AvgIpc) is 2.72. The molecule has 0 amide bonds. The van der Waals surface area contributed by atoms with Gasteiger partial charge in [-0.25, -0.2) is 0 Å². The van der Waals surface area contributed by atoms with E-state index in [9.17, 15) is 0 Å². The Kier molecular flexibility index (Phi) is 5.30. The number of pyridine rings is 1. The highest BCUT2D eigenvalue weighted by molar-refractivity contribution is 5.96. The summed E-state index contributed by atoms with van der Waals surface area (Å²) in [6.45, 7) is 17.5. The van der Waals surface area contributed by atoms with Gasteiger partial charge in [0.15, 0.2) is 0 Å². The van der Waals surface area contributed by atoms with Crippen molar-refractivity contribution in [1.29, 1.82) is 0 Å². The largest absolute Gasteiger partial charge is 0.261 e. The van der Waals surface area contributed by atoms with Gasteiger partial charge in [0, 0.05) is 11.9 Å². The van der Waals surface area contributed by atoms with Gasteiger partial charge >= 0.3 is 0 Å². The second-order valence-corrected chi connectivity index (χ2v) is 8.49. The van der Waals surface area contributed by atoms with E-state index in [0.29, 0.717) is 0 Å². The third-order valence-corrected chi connectivity index (χ3v) is 6.32. The van der Waals surface area contributed by atoms with E-state index in [0.717, 1.165) is 35.2 Å². The lowest BCUT2D eigenvalue weighted by Gasteiger charge is -2.28. The summed E-state index contributed by atoms with van der Waals surface area (Å²) in [5.74, 6) is 0. The van der Waals surface area contributed by atoms with E-state index < -0.39 is 0 Å². The van der Waals surface area contributed by atoms with Crippen molar-refractivity contribution >= 4 is 16.7 Å². The van der Waals surface area contributed by atoms with Gasteiger partial charge in [-0.1, -0.05) is 55.6 Å². The quantitative estimate of drug-likeness (QED) is 0.450. The summed E-state index contributed by atoms with van der Waals surface area (Å²) >= 11 is 0. The van der Waals surface area contributed by atoms with Gasteiger partial charge < -0.3 is 0 Å². The summed E-state index contributed by atoms with van der Waals surface area (Å²) in [5.41, 5.74) is 14.9. The molecule has 4 rings (SSSR count). The van der Waals surface area contributed by atoms with Gasteiger partial charge in [-0.3, -0.25) is 4.98 Å². The number of fused-ring (bicyclic) bond motifs is 1. The van der Waals surface area contributed by atoms with Gasteiger partial charge in [-0.2, -0.15) is 0 Å². The van der Waals surface area contributed by atoms with Crippen LogP contribution in [0.25, 0.3) is 16.7 Å². The molecular formula is C29H29N. The normalized spacial score (nSPS) is 13.4. The Bertz CT molecular complexity index is 1190. The van der Waals surface area contributed by atoms with Crippen LogP contribution in [0, 0.1) is 27.7 Å². The fraction of sp³-hybridized carbons (Fsp3) is 0.207. The van der Waals surface area contributed by atoms with E-state index in [2.05, 4.69) is 81.4 Å².